The second-order valence-electron chi connectivity index (χ2n) is 14.1. The molecule has 9 atom stereocenters. The molecule has 0 saturated heterocycles. The van der Waals surface area contributed by atoms with Crippen LogP contribution in [0.5, 0.6) is 0 Å². The van der Waals surface area contributed by atoms with Gasteiger partial charge in [-0.1, -0.05) is 40.7 Å². The fourth-order valence-electron chi connectivity index (χ4n) is 9.94. The van der Waals surface area contributed by atoms with Gasteiger partial charge in [-0.05, 0) is 114 Å². The van der Waals surface area contributed by atoms with Crippen molar-refractivity contribution in [2.24, 2.45) is 57.2 Å². The molecule has 0 aromatic carbocycles. The molecule has 4 unspecified atom stereocenters. The fourth-order valence-corrected chi connectivity index (χ4v) is 11.1. The van der Waals surface area contributed by atoms with Crippen molar-refractivity contribution in [2.45, 2.75) is 92.4 Å². The number of carbonyl (C=O) groups excluding carboxylic acids is 3. The van der Waals surface area contributed by atoms with Crippen molar-refractivity contribution in [3.8, 4) is 0 Å². The quantitative estimate of drug-likeness (QED) is 0.244. The molecule has 194 valence electrons. The van der Waals surface area contributed by atoms with Gasteiger partial charge >= 0.3 is 5.97 Å². The number of allylic oxidation sites excluding steroid dienone is 2. The Morgan fingerprint density at radius 3 is 2.34 bits per heavy atom. The smallest absolute Gasteiger partial charge is 0.312 e. The highest BCUT2D eigenvalue weighted by Crippen LogP contribution is 2.68. The third-order valence-corrected chi connectivity index (χ3v) is 12.9. The molecule has 5 aliphatic rings. The van der Waals surface area contributed by atoms with E-state index < -0.39 is 5.41 Å². The molecule has 0 N–H and O–H groups in total. The molecule has 0 radical (unpaired) electrons. The van der Waals surface area contributed by atoms with E-state index in [-0.39, 0.29) is 51.7 Å². The highest BCUT2D eigenvalue weighted by atomic mass is 127. The average molecular weight is 595 g/mol. The molecule has 35 heavy (non-hydrogen) atoms. The summed E-state index contributed by atoms with van der Waals surface area (Å²) < 4.78 is 6.30. The van der Waals surface area contributed by atoms with Crippen LogP contribution in [0.15, 0.2) is 9.66 Å². The van der Waals surface area contributed by atoms with Crippen molar-refractivity contribution in [3.63, 3.8) is 0 Å². The maximum Gasteiger partial charge on any atom is 0.312 e. The van der Waals surface area contributed by atoms with Gasteiger partial charge in [0.25, 0.3) is 0 Å². The van der Waals surface area contributed by atoms with Crippen LogP contribution in [0.4, 0.5) is 0 Å². The van der Waals surface area contributed by atoms with E-state index in [4.69, 9.17) is 4.74 Å². The molecule has 5 rings (SSSR count). The van der Waals surface area contributed by atoms with Gasteiger partial charge in [0.2, 0.25) is 0 Å². The molecule has 0 aliphatic heterocycles. The summed E-state index contributed by atoms with van der Waals surface area (Å²) in [5.74, 6) is 1.96. The SMILES string of the molecule is COC(=O)[C@]12CCC(C)(C)CC1CC1C(=O)CC3C(CC[C@H]4[C@H](C)C(=O)C(I)=C[C@]34C)[C@]1(C)CC2. The molecule has 0 aromatic rings. The van der Waals surface area contributed by atoms with E-state index in [0.29, 0.717) is 24.0 Å². The molecule has 0 bridgehead atoms. The lowest BCUT2D eigenvalue weighted by Crippen LogP contribution is -2.58. The molecule has 4 nitrogen and oxygen atoms in total. The molecule has 0 heterocycles. The van der Waals surface area contributed by atoms with Gasteiger partial charge < -0.3 is 4.74 Å². The van der Waals surface area contributed by atoms with Crippen molar-refractivity contribution < 1.29 is 19.1 Å². The number of fused-ring (bicyclic) bond motifs is 6. The highest BCUT2D eigenvalue weighted by molar-refractivity contribution is 14.1. The fraction of sp³-hybridized carbons (Fsp3) is 0.833. The number of rotatable bonds is 1. The number of methoxy groups -OCH3 is 1. The van der Waals surface area contributed by atoms with E-state index in [1.165, 1.54) is 7.11 Å². The summed E-state index contributed by atoms with van der Waals surface area (Å²) in [6.07, 6.45) is 10.5. The zero-order valence-corrected chi connectivity index (χ0v) is 24.6. The number of ketones is 2. The van der Waals surface area contributed by atoms with E-state index >= 15 is 0 Å². The van der Waals surface area contributed by atoms with Crippen LogP contribution in [0.25, 0.3) is 0 Å². The van der Waals surface area contributed by atoms with Gasteiger partial charge in [-0.2, -0.15) is 0 Å². The van der Waals surface area contributed by atoms with E-state index in [1.54, 1.807) is 0 Å². The molecule has 4 saturated carbocycles. The van der Waals surface area contributed by atoms with Crippen LogP contribution in [-0.2, 0) is 19.1 Å². The average Bonchev–Trinajstić information content (AvgIpc) is 2.92. The molecule has 5 heteroatoms. The Bertz CT molecular complexity index is 983. The largest absolute Gasteiger partial charge is 0.469 e. The molecule has 0 aromatic heterocycles. The van der Waals surface area contributed by atoms with Crippen molar-refractivity contribution in [1.82, 2.24) is 0 Å². The number of hydrogen-bond acceptors (Lipinski definition) is 4. The summed E-state index contributed by atoms with van der Waals surface area (Å²) in [7, 11) is 1.54. The lowest BCUT2D eigenvalue weighted by Gasteiger charge is -2.61. The summed E-state index contributed by atoms with van der Waals surface area (Å²) in [6, 6.07) is 0. The second-order valence-corrected chi connectivity index (χ2v) is 15.2. The van der Waals surface area contributed by atoms with Crippen LogP contribution >= 0.6 is 22.6 Å². The maximum absolute atomic E-state index is 14.1. The Labute approximate surface area is 224 Å². The van der Waals surface area contributed by atoms with E-state index in [0.717, 1.165) is 54.9 Å². The summed E-state index contributed by atoms with van der Waals surface area (Å²) in [5.41, 5.74) is -0.457. The van der Waals surface area contributed by atoms with Crippen molar-refractivity contribution in [1.29, 1.82) is 0 Å². The third-order valence-electron chi connectivity index (χ3n) is 12.1. The molecular formula is C30H43IO4. The number of halogens is 1. The molecular weight excluding hydrogens is 551 g/mol. The highest BCUT2D eigenvalue weighted by Gasteiger charge is 2.64. The Kier molecular flexibility index (Phi) is 6.21. The van der Waals surface area contributed by atoms with E-state index in [9.17, 15) is 14.4 Å². The van der Waals surface area contributed by atoms with Crippen molar-refractivity contribution >= 4 is 40.1 Å². The van der Waals surface area contributed by atoms with Crippen LogP contribution < -0.4 is 0 Å². The van der Waals surface area contributed by atoms with Crippen molar-refractivity contribution in [3.05, 3.63) is 9.66 Å². The minimum Gasteiger partial charge on any atom is -0.469 e. The second kappa shape index (κ2) is 8.39. The number of ether oxygens (including phenoxy) is 1. The zero-order valence-electron chi connectivity index (χ0n) is 22.4. The minimum absolute atomic E-state index is 0.0278. The van der Waals surface area contributed by atoms with Gasteiger partial charge in [0.1, 0.15) is 5.78 Å². The predicted molar refractivity (Wildman–Crippen MR) is 145 cm³/mol. The normalized spacial score (nSPS) is 48.9. The summed E-state index contributed by atoms with van der Waals surface area (Å²) >= 11 is 2.23. The van der Waals surface area contributed by atoms with E-state index in [1.807, 2.05) is 0 Å². The summed E-state index contributed by atoms with van der Waals surface area (Å²) in [5, 5.41) is 0. The first-order valence-electron chi connectivity index (χ1n) is 13.8. The first kappa shape index (κ1) is 25.9. The molecule has 0 amide bonds. The van der Waals surface area contributed by atoms with Crippen LogP contribution in [-0.4, -0.2) is 24.6 Å². The monoisotopic (exact) mass is 594 g/mol. The van der Waals surface area contributed by atoms with Crippen LogP contribution in [0, 0.1) is 57.2 Å². The Hall–Kier alpha value is -0.720. The van der Waals surface area contributed by atoms with Gasteiger partial charge in [0.05, 0.1) is 16.1 Å². The van der Waals surface area contributed by atoms with Crippen LogP contribution in [0.2, 0.25) is 0 Å². The first-order valence-corrected chi connectivity index (χ1v) is 14.9. The Morgan fingerprint density at radius 2 is 1.66 bits per heavy atom. The summed E-state index contributed by atoms with van der Waals surface area (Å²) in [6.45, 7) is 11.5. The van der Waals surface area contributed by atoms with Gasteiger partial charge in [-0.25, -0.2) is 0 Å². The third kappa shape index (κ3) is 3.66. The predicted octanol–water partition coefficient (Wildman–Crippen LogP) is 6.94. The summed E-state index contributed by atoms with van der Waals surface area (Å²) in [4.78, 5) is 40.2. The lowest BCUT2D eigenvalue weighted by molar-refractivity contribution is -0.163. The van der Waals surface area contributed by atoms with Gasteiger partial charge in [-0.15, -0.1) is 0 Å². The van der Waals surface area contributed by atoms with Crippen LogP contribution in [0.1, 0.15) is 92.4 Å². The van der Waals surface area contributed by atoms with Gasteiger partial charge in [0.15, 0.2) is 5.78 Å². The molecule has 4 fully saturated rings. The van der Waals surface area contributed by atoms with Gasteiger partial charge in [-0.3, -0.25) is 14.4 Å². The maximum atomic E-state index is 14.1. The minimum atomic E-state index is -0.442. The molecule has 5 aliphatic carbocycles. The van der Waals surface area contributed by atoms with Crippen molar-refractivity contribution in [2.75, 3.05) is 7.11 Å². The Morgan fingerprint density at radius 1 is 1.00 bits per heavy atom. The number of esters is 1. The lowest BCUT2D eigenvalue weighted by atomic mass is 9.42. The first-order chi connectivity index (χ1) is 16.3. The van der Waals surface area contributed by atoms with Crippen LogP contribution in [0.3, 0.4) is 0 Å². The Balaban J connectivity index is 1.55. The van der Waals surface area contributed by atoms with E-state index in [2.05, 4.69) is 63.3 Å². The zero-order chi connectivity index (χ0) is 25.6. The topological polar surface area (TPSA) is 60.4 Å². The number of carbonyl (C=O) groups is 3. The standard InChI is InChI=1S/C30H43IO4/c1-17-19-7-8-20-21(29(19,5)16-23(31)25(17)33)14-24(32)22-13-18-15-27(2,3)9-11-30(18,26(34)35-6)12-10-28(20,22)4/h16-22H,7-15H2,1-6H3/t17-,18?,19-,20?,21?,22?,28-,29-,30-/m0/s1. The molecule has 0 spiro atoms. The number of hydrogen-bond donors (Lipinski definition) is 0. The number of Topliss-reactive ketones (excluding diaryl/α,β-unsaturated/α-hetero) is 2. The van der Waals surface area contributed by atoms with Gasteiger partial charge in [0, 0.05) is 18.3 Å².